The number of hydrogen-bond donors (Lipinski definition) is 1. The van der Waals surface area contributed by atoms with Crippen molar-refractivity contribution in [3.63, 3.8) is 0 Å². The van der Waals surface area contributed by atoms with Crippen molar-refractivity contribution in [2.24, 2.45) is 7.05 Å². The van der Waals surface area contributed by atoms with Crippen LogP contribution in [0.25, 0.3) is 21.5 Å². The molecule has 0 amide bonds. The molecule has 0 aliphatic rings. The summed E-state index contributed by atoms with van der Waals surface area (Å²) in [7, 11) is 1.82. The molecule has 0 saturated heterocycles. The highest BCUT2D eigenvalue weighted by Crippen LogP contribution is 2.36. The van der Waals surface area contributed by atoms with Crippen LogP contribution in [0.2, 0.25) is 0 Å². The second kappa shape index (κ2) is 6.58. The molecule has 0 spiro atoms. The fraction of sp³-hybridized carbons (Fsp3) is 0.111. The fourth-order valence-electron chi connectivity index (χ4n) is 2.64. The van der Waals surface area contributed by atoms with Gasteiger partial charge in [0.15, 0.2) is 5.75 Å². The molecule has 3 aromatic heterocycles. The number of para-hydroxylation sites is 2. The van der Waals surface area contributed by atoms with E-state index in [9.17, 15) is 13.2 Å². The largest absolute Gasteiger partial charge is 0.573 e. The first-order valence-electron chi connectivity index (χ1n) is 7.88. The molecular weight excluding hydrogens is 377 g/mol. The second-order valence-corrected chi connectivity index (χ2v) is 6.68. The van der Waals surface area contributed by atoms with Crippen LogP contribution < -0.4 is 10.1 Å². The van der Waals surface area contributed by atoms with Gasteiger partial charge in [-0.1, -0.05) is 12.1 Å². The van der Waals surface area contributed by atoms with E-state index in [1.54, 1.807) is 16.9 Å². The average molecular weight is 390 g/mol. The van der Waals surface area contributed by atoms with Gasteiger partial charge in [0.05, 0.1) is 28.0 Å². The fourth-order valence-corrected chi connectivity index (χ4v) is 3.47. The van der Waals surface area contributed by atoms with E-state index in [-0.39, 0.29) is 11.4 Å². The zero-order valence-electron chi connectivity index (χ0n) is 14.0. The number of halogens is 3. The Balaban J connectivity index is 1.71. The lowest BCUT2D eigenvalue weighted by Crippen LogP contribution is -2.17. The van der Waals surface area contributed by atoms with E-state index in [2.05, 4.69) is 20.1 Å². The van der Waals surface area contributed by atoms with Crippen molar-refractivity contribution in [1.29, 1.82) is 0 Å². The smallest absolute Gasteiger partial charge is 0.404 e. The monoisotopic (exact) mass is 390 g/mol. The molecule has 0 bridgehead atoms. The maximum atomic E-state index is 12.6. The van der Waals surface area contributed by atoms with Crippen molar-refractivity contribution in [3.05, 3.63) is 54.2 Å². The molecule has 1 aromatic carbocycles. The van der Waals surface area contributed by atoms with Gasteiger partial charge < -0.3 is 10.1 Å². The number of rotatable bonds is 4. The third kappa shape index (κ3) is 3.72. The summed E-state index contributed by atoms with van der Waals surface area (Å²) in [5, 5.41) is 8.96. The first-order valence-corrected chi connectivity index (χ1v) is 8.76. The van der Waals surface area contributed by atoms with Crippen LogP contribution in [0.3, 0.4) is 0 Å². The number of aryl methyl sites for hydroxylation is 1. The Hall–Kier alpha value is -3.07. The lowest BCUT2D eigenvalue weighted by Gasteiger charge is -2.14. The lowest BCUT2D eigenvalue weighted by atomic mass is 10.2. The Labute approximate surface area is 156 Å². The number of alkyl halides is 3. The zero-order valence-corrected chi connectivity index (χ0v) is 14.8. The molecule has 0 atom stereocenters. The van der Waals surface area contributed by atoms with Crippen molar-refractivity contribution in [3.8, 4) is 17.0 Å². The third-order valence-corrected chi connectivity index (χ3v) is 4.74. The van der Waals surface area contributed by atoms with Crippen LogP contribution in [0.5, 0.6) is 5.75 Å². The highest BCUT2D eigenvalue weighted by molar-refractivity contribution is 7.17. The van der Waals surface area contributed by atoms with Crippen LogP contribution in [0.15, 0.2) is 54.2 Å². The molecule has 0 aliphatic heterocycles. The first kappa shape index (κ1) is 17.3. The summed E-state index contributed by atoms with van der Waals surface area (Å²) < 4.78 is 44.6. The third-order valence-electron chi connectivity index (χ3n) is 3.80. The van der Waals surface area contributed by atoms with Crippen LogP contribution >= 0.6 is 11.3 Å². The van der Waals surface area contributed by atoms with Crippen LogP contribution in [-0.4, -0.2) is 21.1 Å². The van der Waals surface area contributed by atoms with Gasteiger partial charge in [0.1, 0.15) is 5.52 Å². The van der Waals surface area contributed by atoms with Crippen LogP contribution in [0.1, 0.15) is 0 Å². The van der Waals surface area contributed by atoms with Crippen molar-refractivity contribution in [2.75, 3.05) is 5.32 Å². The molecule has 0 radical (unpaired) electrons. The molecule has 4 rings (SSSR count). The number of anilines is 2. The molecular formula is C18H13F3N4OS. The number of hydrogen-bond acceptors (Lipinski definition) is 5. The molecule has 27 heavy (non-hydrogen) atoms. The molecule has 4 aromatic rings. The van der Waals surface area contributed by atoms with E-state index < -0.39 is 6.36 Å². The van der Waals surface area contributed by atoms with Gasteiger partial charge in [0.2, 0.25) is 0 Å². The molecule has 3 heterocycles. The van der Waals surface area contributed by atoms with Crippen LogP contribution in [0, 0.1) is 0 Å². The molecule has 0 unspecified atom stereocenters. The highest BCUT2D eigenvalue weighted by atomic mass is 32.1. The average Bonchev–Trinajstić information content (AvgIpc) is 3.21. The molecule has 9 heteroatoms. The number of thiophene rings is 1. The molecule has 1 N–H and O–H groups in total. The number of benzene rings is 1. The maximum absolute atomic E-state index is 12.6. The van der Waals surface area contributed by atoms with Gasteiger partial charge in [-0.2, -0.15) is 5.10 Å². The van der Waals surface area contributed by atoms with E-state index >= 15 is 0 Å². The quantitative estimate of drug-likeness (QED) is 0.511. The SMILES string of the molecule is Cn1cc(-c2ccc3scc(Nc4ccccc4OC(F)(F)F)c3n2)cn1. The topological polar surface area (TPSA) is 52.0 Å². The minimum absolute atomic E-state index is 0.211. The Morgan fingerprint density at radius 2 is 1.93 bits per heavy atom. The first-order chi connectivity index (χ1) is 12.9. The van der Waals surface area contributed by atoms with Crippen molar-refractivity contribution >= 4 is 32.9 Å². The molecule has 0 saturated carbocycles. The maximum Gasteiger partial charge on any atom is 0.573 e. The van der Waals surface area contributed by atoms with E-state index in [1.165, 1.54) is 29.5 Å². The number of aromatic nitrogens is 3. The summed E-state index contributed by atoms with van der Waals surface area (Å²) in [5.74, 6) is -0.298. The number of pyridine rings is 1. The normalized spacial score (nSPS) is 11.7. The summed E-state index contributed by atoms with van der Waals surface area (Å²) in [6.07, 6.45) is -1.21. The molecule has 0 fully saturated rings. The van der Waals surface area contributed by atoms with Gasteiger partial charge in [-0.05, 0) is 24.3 Å². The molecule has 5 nitrogen and oxygen atoms in total. The van der Waals surface area contributed by atoms with Gasteiger partial charge in [0, 0.05) is 24.2 Å². The Bertz CT molecular complexity index is 1100. The predicted molar refractivity (Wildman–Crippen MR) is 98.2 cm³/mol. The van der Waals surface area contributed by atoms with Gasteiger partial charge in [0.25, 0.3) is 0 Å². The number of nitrogens with zero attached hydrogens (tertiary/aromatic N) is 3. The van der Waals surface area contributed by atoms with E-state index in [1.807, 2.05) is 30.8 Å². The van der Waals surface area contributed by atoms with E-state index in [4.69, 9.17) is 0 Å². The number of nitrogens with one attached hydrogen (secondary N) is 1. The second-order valence-electron chi connectivity index (χ2n) is 5.76. The van der Waals surface area contributed by atoms with Crippen molar-refractivity contribution in [1.82, 2.24) is 14.8 Å². The zero-order chi connectivity index (χ0) is 19.0. The van der Waals surface area contributed by atoms with Crippen molar-refractivity contribution in [2.45, 2.75) is 6.36 Å². The van der Waals surface area contributed by atoms with Gasteiger partial charge in [-0.25, -0.2) is 4.98 Å². The molecule has 138 valence electrons. The van der Waals surface area contributed by atoms with Crippen LogP contribution in [0.4, 0.5) is 24.5 Å². The highest BCUT2D eigenvalue weighted by Gasteiger charge is 2.32. The van der Waals surface area contributed by atoms with Gasteiger partial charge in [-0.15, -0.1) is 24.5 Å². The standard InChI is InChI=1S/C18H13F3N4OS/c1-25-9-11(8-22-25)12-6-7-16-17(24-12)14(10-27-16)23-13-4-2-3-5-15(13)26-18(19,20)21/h2-10,23H,1H3. The summed E-state index contributed by atoms with van der Waals surface area (Å²) in [5.41, 5.74) is 3.08. The van der Waals surface area contributed by atoms with Crippen molar-refractivity contribution < 1.29 is 17.9 Å². The minimum atomic E-state index is -4.76. The summed E-state index contributed by atoms with van der Waals surface area (Å²) in [6, 6.07) is 9.72. The molecule has 0 aliphatic carbocycles. The van der Waals surface area contributed by atoms with Gasteiger partial charge >= 0.3 is 6.36 Å². The summed E-state index contributed by atoms with van der Waals surface area (Å²) in [4.78, 5) is 4.65. The minimum Gasteiger partial charge on any atom is -0.404 e. The lowest BCUT2D eigenvalue weighted by molar-refractivity contribution is -0.274. The van der Waals surface area contributed by atoms with E-state index in [0.717, 1.165) is 16.0 Å². The van der Waals surface area contributed by atoms with E-state index in [0.29, 0.717) is 11.2 Å². The Morgan fingerprint density at radius 1 is 1.11 bits per heavy atom. The Kier molecular flexibility index (Phi) is 4.23. The Morgan fingerprint density at radius 3 is 2.67 bits per heavy atom. The number of fused-ring (bicyclic) bond motifs is 1. The van der Waals surface area contributed by atoms with Crippen LogP contribution in [-0.2, 0) is 7.05 Å². The summed E-state index contributed by atoms with van der Waals surface area (Å²) >= 11 is 1.45. The van der Waals surface area contributed by atoms with Gasteiger partial charge in [-0.3, -0.25) is 4.68 Å². The number of ether oxygens (including phenoxy) is 1. The summed E-state index contributed by atoms with van der Waals surface area (Å²) in [6.45, 7) is 0. The predicted octanol–water partition coefficient (Wildman–Crippen LogP) is 5.34.